The van der Waals surface area contributed by atoms with Crippen LogP contribution in [0, 0.1) is 0 Å². The second-order valence-corrected chi connectivity index (χ2v) is 11.8. The predicted octanol–water partition coefficient (Wildman–Crippen LogP) is 9.21. The quantitative estimate of drug-likeness (QED) is 0.160. The third-order valence-electron chi connectivity index (χ3n) is 6.13. The standard InChI is InChI=1S/C30H17Br3ClN3O3/c31-20-9-10-26-19(13-20)14-27(40-26)29-36-25-8-4-2-6-21(25)30(38)37(29)35-15-17-11-22(32)28(23(33)12-17)39-16-18-5-1-3-7-24(18)34/h1-15H,16H2. The van der Waals surface area contributed by atoms with Crippen LogP contribution in [0.25, 0.3) is 33.5 Å². The number of ether oxygens (including phenoxy) is 1. The highest BCUT2D eigenvalue weighted by Gasteiger charge is 2.17. The molecule has 0 atom stereocenters. The van der Waals surface area contributed by atoms with Gasteiger partial charge in [0.05, 0.1) is 26.1 Å². The lowest BCUT2D eigenvalue weighted by molar-refractivity contribution is 0.302. The Bertz CT molecular complexity index is 1980. The number of nitrogens with zero attached hydrogens (tertiary/aromatic N) is 3. The van der Waals surface area contributed by atoms with E-state index in [1.807, 2.05) is 66.7 Å². The summed E-state index contributed by atoms with van der Waals surface area (Å²) >= 11 is 16.9. The number of aromatic nitrogens is 2. The third-order valence-corrected chi connectivity index (χ3v) is 8.17. The molecule has 0 saturated carbocycles. The molecular formula is C30H17Br3ClN3O3. The van der Waals surface area contributed by atoms with Crippen LogP contribution in [0.1, 0.15) is 11.1 Å². The third kappa shape index (κ3) is 5.39. The molecule has 2 heterocycles. The van der Waals surface area contributed by atoms with Crippen LogP contribution in [-0.4, -0.2) is 15.9 Å². The second-order valence-electron chi connectivity index (χ2n) is 8.80. The highest BCUT2D eigenvalue weighted by Crippen LogP contribution is 2.35. The lowest BCUT2D eigenvalue weighted by atomic mass is 10.2. The Labute approximate surface area is 258 Å². The summed E-state index contributed by atoms with van der Waals surface area (Å²) in [4.78, 5) is 18.3. The van der Waals surface area contributed by atoms with E-state index in [1.54, 1.807) is 24.4 Å². The van der Waals surface area contributed by atoms with Crippen LogP contribution < -0.4 is 10.3 Å². The fourth-order valence-corrected chi connectivity index (χ4v) is 6.22. The maximum atomic E-state index is 13.6. The zero-order chi connectivity index (χ0) is 27.8. The average molecular weight is 743 g/mol. The van der Waals surface area contributed by atoms with Crippen molar-refractivity contribution in [3.05, 3.63) is 125 Å². The minimum atomic E-state index is -0.309. The summed E-state index contributed by atoms with van der Waals surface area (Å²) in [5, 5.41) is 6.52. The first-order valence-corrected chi connectivity index (χ1v) is 14.7. The molecule has 198 valence electrons. The zero-order valence-corrected chi connectivity index (χ0v) is 26.0. The number of furan rings is 1. The SMILES string of the molecule is O=c1c2ccccc2nc(-c2cc3cc(Br)ccc3o2)n1N=Cc1cc(Br)c(OCc2ccccc2Cl)c(Br)c1. The van der Waals surface area contributed by atoms with Gasteiger partial charge >= 0.3 is 0 Å². The van der Waals surface area contributed by atoms with Gasteiger partial charge in [-0.15, -0.1) is 0 Å². The van der Waals surface area contributed by atoms with Gasteiger partial charge in [-0.25, -0.2) is 4.98 Å². The molecule has 0 aliphatic heterocycles. The van der Waals surface area contributed by atoms with Crippen molar-refractivity contribution in [3.8, 4) is 17.3 Å². The molecule has 0 fully saturated rings. The molecule has 40 heavy (non-hydrogen) atoms. The van der Waals surface area contributed by atoms with Crippen molar-refractivity contribution in [2.45, 2.75) is 6.61 Å². The molecule has 0 unspecified atom stereocenters. The van der Waals surface area contributed by atoms with Crippen molar-refractivity contribution >= 4 is 87.5 Å². The van der Waals surface area contributed by atoms with Crippen LogP contribution in [-0.2, 0) is 6.61 Å². The van der Waals surface area contributed by atoms with Gasteiger partial charge in [-0.05, 0) is 92.0 Å². The predicted molar refractivity (Wildman–Crippen MR) is 170 cm³/mol. The van der Waals surface area contributed by atoms with E-state index in [1.165, 1.54) is 4.68 Å². The number of para-hydroxylation sites is 1. The van der Waals surface area contributed by atoms with Crippen LogP contribution >= 0.6 is 59.4 Å². The summed E-state index contributed by atoms with van der Waals surface area (Å²) in [5.41, 5.74) is 2.53. The zero-order valence-electron chi connectivity index (χ0n) is 20.4. The fourth-order valence-electron chi connectivity index (χ4n) is 4.20. The van der Waals surface area contributed by atoms with Crippen molar-refractivity contribution in [1.29, 1.82) is 0 Å². The van der Waals surface area contributed by atoms with Gasteiger partial charge in [0.1, 0.15) is 17.9 Å². The molecule has 0 spiro atoms. The van der Waals surface area contributed by atoms with E-state index < -0.39 is 0 Å². The largest absolute Gasteiger partial charge is 0.486 e. The van der Waals surface area contributed by atoms with Crippen LogP contribution in [0.3, 0.4) is 0 Å². The molecule has 0 bridgehead atoms. The van der Waals surface area contributed by atoms with Crippen molar-refractivity contribution in [3.63, 3.8) is 0 Å². The van der Waals surface area contributed by atoms with E-state index in [9.17, 15) is 4.79 Å². The Hall–Kier alpha value is -3.24. The fraction of sp³-hybridized carbons (Fsp3) is 0.0333. The normalized spacial score (nSPS) is 11.6. The molecule has 0 amide bonds. The highest BCUT2D eigenvalue weighted by atomic mass is 79.9. The lowest BCUT2D eigenvalue weighted by Gasteiger charge is -2.12. The molecule has 6 aromatic rings. The monoisotopic (exact) mass is 739 g/mol. The number of halogens is 4. The van der Waals surface area contributed by atoms with E-state index in [4.69, 9.17) is 25.7 Å². The molecule has 6 nitrogen and oxygen atoms in total. The van der Waals surface area contributed by atoms with Crippen molar-refractivity contribution < 1.29 is 9.15 Å². The Morgan fingerprint density at radius 1 is 0.950 bits per heavy atom. The first-order valence-electron chi connectivity index (χ1n) is 12.0. The molecule has 0 saturated heterocycles. The first-order chi connectivity index (χ1) is 19.4. The Morgan fingerprint density at radius 3 is 2.50 bits per heavy atom. The van der Waals surface area contributed by atoms with Crippen molar-refractivity contribution in [2.75, 3.05) is 0 Å². The number of rotatable bonds is 6. The summed E-state index contributed by atoms with van der Waals surface area (Å²) in [6.45, 7) is 0.305. The molecule has 0 N–H and O–H groups in total. The molecule has 10 heteroatoms. The minimum Gasteiger partial charge on any atom is -0.486 e. The van der Waals surface area contributed by atoms with Crippen molar-refractivity contribution in [1.82, 2.24) is 9.66 Å². The van der Waals surface area contributed by atoms with Gasteiger partial charge in [0.2, 0.25) is 5.82 Å². The van der Waals surface area contributed by atoms with Crippen molar-refractivity contribution in [2.24, 2.45) is 5.10 Å². The van der Waals surface area contributed by atoms with Gasteiger partial charge in [0, 0.05) is 20.4 Å². The Kier molecular flexibility index (Phi) is 7.63. The number of hydrogen-bond donors (Lipinski definition) is 0. The van der Waals surface area contributed by atoms with Crippen LogP contribution in [0.5, 0.6) is 5.75 Å². The van der Waals surface area contributed by atoms with Gasteiger partial charge in [-0.3, -0.25) is 4.79 Å². The van der Waals surface area contributed by atoms with E-state index in [-0.39, 0.29) is 5.56 Å². The van der Waals surface area contributed by atoms with Crippen LogP contribution in [0.4, 0.5) is 0 Å². The highest BCUT2D eigenvalue weighted by molar-refractivity contribution is 9.11. The van der Waals surface area contributed by atoms with Crippen LogP contribution in [0.15, 0.2) is 113 Å². The summed E-state index contributed by atoms with van der Waals surface area (Å²) in [7, 11) is 0. The molecule has 0 aliphatic carbocycles. The maximum absolute atomic E-state index is 13.6. The topological polar surface area (TPSA) is 69.6 Å². The number of hydrogen-bond acceptors (Lipinski definition) is 5. The molecule has 6 rings (SSSR count). The summed E-state index contributed by atoms with van der Waals surface area (Å²) < 4.78 is 15.7. The van der Waals surface area contributed by atoms with Gasteiger partial charge in [0.15, 0.2) is 5.76 Å². The average Bonchev–Trinajstić information content (AvgIpc) is 3.36. The van der Waals surface area contributed by atoms with Gasteiger partial charge in [-0.1, -0.05) is 57.9 Å². The number of fused-ring (bicyclic) bond motifs is 2. The van der Waals surface area contributed by atoms with Gasteiger partial charge < -0.3 is 9.15 Å². The van der Waals surface area contributed by atoms with E-state index >= 15 is 0 Å². The molecular weight excluding hydrogens is 726 g/mol. The molecule has 0 aliphatic rings. The molecule has 2 aromatic heterocycles. The summed E-state index contributed by atoms with van der Waals surface area (Å²) in [6, 6.07) is 26.0. The summed E-state index contributed by atoms with van der Waals surface area (Å²) in [6.07, 6.45) is 1.59. The second kappa shape index (κ2) is 11.3. The Morgan fingerprint density at radius 2 is 1.70 bits per heavy atom. The number of benzene rings is 4. The minimum absolute atomic E-state index is 0.296. The Balaban J connectivity index is 1.39. The molecule has 0 radical (unpaired) electrons. The van der Waals surface area contributed by atoms with E-state index in [0.717, 1.165) is 21.0 Å². The lowest BCUT2D eigenvalue weighted by Crippen LogP contribution is -2.20. The van der Waals surface area contributed by atoms with Gasteiger partial charge in [-0.2, -0.15) is 9.78 Å². The smallest absolute Gasteiger partial charge is 0.282 e. The van der Waals surface area contributed by atoms with Crippen LogP contribution in [0.2, 0.25) is 5.02 Å². The first kappa shape index (κ1) is 27.0. The van der Waals surface area contributed by atoms with E-state index in [0.29, 0.717) is 54.4 Å². The van der Waals surface area contributed by atoms with E-state index in [2.05, 4.69) is 52.9 Å². The van der Waals surface area contributed by atoms with Gasteiger partial charge in [0.25, 0.3) is 5.56 Å². The summed E-state index contributed by atoms with van der Waals surface area (Å²) in [5.74, 6) is 1.35. The maximum Gasteiger partial charge on any atom is 0.282 e. The molecule has 4 aromatic carbocycles.